The van der Waals surface area contributed by atoms with Gasteiger partial charge < -0.3 is 0 Å². The molecule has 1 aromatic carbocycles. The summed E-state index contributed by atoms with van der Waals surface area (Å²) in [6, 6.07) is 1.07. The molecule has 0 amide bonds. The summed E-state index contributed by atoms with van der Waals surface area (Å²) in [6.07, 6.45) is 3.14. The first-order valence-electron chi connectivity index (χ1n) is 6.44. The number of H-pyrrole nitrogens is 1. The van der Waals surface area contributed by atoms with E-state index in [0.717, 1.165) is 0 Å². The third kappa shape index (κ3) is 2.59. The van der Waals surface area contributed by atoms with Gasteiger partial charge in [-0.05, 0) is 25.5 Å². The van der Waals surface area contributed by atoms with Crippen molar-refractivity contribution in [1.82, 2.24) is 10.2 Å². The molecule has 1 heterocycles. The van der Waals surface area contributed by atoms with Gasteiger partial charge in [-0.1, -0.05) is 18.7 Å². The summed E-state index contributed by atoms with van der Waals surface area (Å²) < 4.78 is 40.6. The standard InChI is InChI=1S/C16H13F3N2O/c1-4-9(5-2)14-8(3)20-21-16(22)15(14)10-6-12(18)13(19)7-11(10)17/h4-7H,1H2,2-3H3,(H,21,22)/b9-5+. The minimum atomic E-state index is -1.32. The lowest BCUT2D eigenvalue weighted by Crippen LogP contribution is -2.16. The minimum Gasteiger partial charge on any atom is -0.267 e. The zero-order chi connectivity index (χ0) is 16.4. The maximum Gasteiger partial charge on any atom is 0.272 e. The molecule has 114 valence electrons. The zero-order valence-electron chi connectivity index (χ0n) is 12.0. The lowest BCUT2D eigenvalue weighted by molar-refractivity contribution is 0.496. The Kier molecular flexibility index (Phi) is 4.30. The van der Waals surface area contributed by atoms with Crippen molar-refractivity contribution in [3.8, 4) is 11.1 Å². The van der Waals surface area contributed by atoms with Gasteiger partial charge in [-0.2, -0.15) is 5.10 Å². The van der Waals surface area contributed by atoms with E-state index in [-0.39, 0.29) is 11.1 Å². The van der Waals surface area contributed by atoms with E-state index in [2.05, 4.69) is 16.8 Å². The van der Waals surface area contributed by atoms with Crippen LogP contribution in [0, 0.1) is 24.4 Å². The Balaban J connectivity index is 2.93. The van der Waals surface area contributed by atoms with Crippen molar-refractivity contribution in [2.45, 2.75) is 13.8 Å². The molecule has 0 saturated heterocycles. The van der Waals surface area contributed by atoms with Crippen molar-refractivity contribution in [2.75, 3.05) is 0 Å². The monoisotopic (exact) mass is 306 g/mol. The van der Waals surface area contributed by atoms with Gasteiger partial charge in [0.05, 0.1) is 11.3 Å². The van der Waals surface area contributed by atoms with Crippen LogP contribution in [0.4, 0.5) is 13.2 Å². The number of benzene rings is 1. The summed E-state index contributed by atoms with van der Waals surface area (Å²) in [4.78, 5) is 12.1. The van der Waals surface area contributed by atoms with Crippen LogP contribution >= 0.6 is 0 Å². The molecule has 0 fully saturated rings. The number of hydrogen-bond donors (Lipinski definition) is 1. The Bertz CT molecular complexity index is 838. The number of rotatable bonds is 3. The Morgan fingerprint density at radius 1 is 1.23 bits per heavy atom. The highest BCUT2D eigenvalue weighted by Gasteiger charge is 2.20. The second kappa shape index (κ2) is 6.01. The average Bonchev–Trinajstić information content (AvgIpc) is 2.48. The number of allylic oxidation sites excluding steroid dienone is 3. The van der Waals surface area contributed by atoms with Crippen molar-refractivity contribution in [3.05, 3.63) is 69.9 Å². The molecule has 0 spiro atoms. The smallest absolute Gasteiger partial charge is 0.267 e. The molecule has 0 atom stereocenters. The van der Waals surface area contributed by atoms with E-state index >= 15 is 0 Å². The topological polar surface area (TPSA) is 45.8 Å². The number of aryl methyl sites for hydroxylation is 1. The Morgan fingerprint density at radius 3 is 2.45 bits per heavy atom. The summed E-state index contributed by atoms with van der Waals surface area (Å²) in [5.41, 5.74) is 0.124. The number of aromatic nitrogens is 2. The van der Waals surface area contributed by atoms with Crippen LogP contribution in [0.5, 0.6) is 0 Å². The van der Waals surface area contributed by atoms with Gasteiger partial charge in [-0.15, -0.1) is 0 Å². The van der Waals surface area contributed by atoms with E-state index in [1.54, 1.807) is 19.9 Å². The second-order valence-corrected chi connectivity index (χ2v) is 4.58. The highest BCUT2D eigenvalue weighted by Crippen LogP contribution is 2.31. The molecule has 2 aromatic rings. The van der Waals surface area contributed by atoms with E-state index in [4.69, 9.17) is 0 Å². The van der Waals surface area contributed by atoms with Gasteiger partial charge in [0, 0.05) is 17.2 Å². The van der Waals surface area contributed by atoms with Crippen molar-refractivity contribution >= 4 is 5.57 Å². The van der Waals surface area contributed by atoms with Gasteiger partial charge in [0.1, 0.15) is 5.82 Å². The number of halogens is 3. The van der Waals surface area contributed by atoms with Crippen LogP contribution in [-0.4, -0.2) is 10.2 Å². The van der Waals surface area contributed by atoms with Gasteiger partial charge in [-0.3, -0.25) is 4.79 Å². The van der Waals surface area contributed by atoms with Crippen molar-refractivity contribution in [1.29, 1.82) is 0 Å². The lowest BCUT2D eigenvalue weighted by Gasteiger charge is -2.13. The number of nitrogens with one attached hydrogen (secondary N) is 1. The fourth-order valence-electron chi connectivity index (χ4n) is 2.23. The number of hydrogen-bond acceptors (Lipinski definition) is 2. The lowest BCUT2D eigenvalue weighted by atomic mass is 9.94. The van der Waals surface area contributed by atoms with E-state index < -0.39 is 23.0 Å². The van der Waals surface area contributed by atoms with Gasteiger partial charge in [0.15, 0.2) is 11.6 Å². The molecule has 22 heavy (non-hydrogen) atoms. The average molecular weight is 306 g/mol. The highest BCUT2D eigenvalue weighted by molar-refractivity contribution is 5.85. The molecule has 3 nitrogen and oxygen atoms in total. The molecule has 1 N–H and O–H groups in total. The quantitative estimate of drug-likeness (QED) is 0.693. The first-order valence-corrected chi connectivity index (χ1v) is 6.44. The molecule has 0 unspecified atom stereocenters. The molecule has 1 aromatic heterocycles. The molecule has 0 saturated carbocycles. The first kappa shape index (κ1) is 15.8. The third-order valence-corrected chi connectivity index (χ3v) is 3.26. The van der Waals surface area contributed by atoms with Crippen LogP contribution in [0.25, 0.3) is 16.7 Å². The number of aromatic amines is 1. The molecule has 0 aliphatic carbocycles. The summed E-state index contributed by atoms with van der Waals surface area (Å²) >= 11 is 0. The number of nitrogens with zero attached hydrogens (tertiary/aromatic N) is 1. The molecule has 0 aliphatic heterocycles. The molecular formula is C16H13F3N2O. The molecule has 2 rings (SSSR count). The van der Waals surface area contributed by atoms with Gasteiger partial charge in [-0.25, -0.2) is 18.3 Å². The van der Waals surface area contributed by atoms with Crippen LogP contribution in [-0.2, 0) is 0 Å². The van der Waals surface area contributed by atoms with Crippen molar-refractivity contribution in [3.63, 3.8) is 0 Å². The largest absolute Gasteiger partial charge is 0.272 e. The fourth-order valence-corrected chi connectivity index (χ4v) is 2.23. The van der Waals surface area contributed by atoms with E-state index in [0.29, 0.717) is 29.0 Å². The van der Waals surface area contributed by atoms with E-state index in [1.165, 1.54) is 6.08 Å². The Labute approximate surface area is 124 Å². The van der Waals surface area contributed by atoms with Crippen LogP contribution in [0.3, 0.4) is 0 Å². The zero-order valence-corrected chi connectivity index (χ0v) is 12.0. The van der Waals surface area contributed by atoms with Gasteiger partial charge in [0.2, 0.25) is 0 Å². The molecule has 0 bridgehead atoms. The first-order chi connectivity index (χ1) is 10.4. The molecule has 0 aliphatic rings. The Hall–Kier alpha value is -2.63. The summed E-state index contributed by atoms with van der Waals surface area (Å²) in [5, 5.41) is 6.06. The molecule has 6 heteroatoms. The van der Waals surface area contributed by atoms with Crippen molar-refractivity contribution in [2.24, 2.45) is 0 Å². The summed E-state index contributed by atoms with van der Waals surface area (Å²) in [7, 11) is 0. The fraction of sp³-hybridized carbons (Fsp3) is 0.125. The SMILES string of the molecule is C=C/C(=C\C)c1c(C)n[nH]c(=O)c1-c1cc(F)c(F)cc1F. The highest BCUT2D eigenvalue weighted by atomic mass is 19.2. The summed E-state index contributed by atoms with van der Waals surface area (Å²) in [5.74, 6) is -3.59. The molecule has 0 radical (unpaired) electrons. The Morgan fingerprint density at radius 2 is 1.86 bits per heavy atom. The maximum absolute atomic E-state index is 14.1. The van der Waals surface area contributed by atoms with Gasteiger partial charge in [0.25, 0.3) is 5.56 Å². The van der Waals surface area contributed by atoms with E-state index in [1.807, 2.05) is 0 Å². The second-order valence-electron chi connectivity index (χ2n) is 4.58. The van der Waals surface area contributed by atoms with Crippen molar-refractivity contribution < 1.29 is 13.2 Å². The van der Waals surface area contributed by atoms with Gasteiger partial charge >= 0.3 is 0 Å². The predicted molar refractivity (Wildman–Crippen MR) is 78.8 cm³/mol. The van der Waals surface area contributed by atoms with E-state index in [9.17, 15) is 18.0 Å². The summed E-state index contributed by atoms with van der Waals surface area (Å²) in [6.45, 7) is 6.95. The van der Waals surface area contributed by atoms with Crippen LogP contribution in [0.1, 0.15) is 18.2 Å². The van der Waals surface area contributed by atoms with Crippen LogP contribution < -0.4 is 5.56 Å². The maximum atomic E-state index is 14.1. The minimum absolute atomic E-state index is 0.114. The molecular weight excluding hydrogens is 293 g/mol. The normalized spacial score (nSPS) is 11.6. The third-order valence-electron chi connectivity index (χ3n) is 3.26. The van der Waals surface area contributed by atoms with Crippen LogP contribution in [0.2, 0.25) is 0 Å². The van der Waals surface area contributed by atoms with Crippen LogP contribution in [0.15, 0.2) is 35.7 Å². The predicted octanol–water partition coefficient (Wildman–Crippen LogP) is 3.75.